The Hall–Kier alpha value is -0.540. The van der Waals surface area contributed by atoms with Crippen molar-refractivity contribution in [1.82, 2.24) is 5.32 Å². The molecular formula is C14H21BrN2. The van der Waals surface area contributed by atoms with Crippen molar-refractivity contribution in [2.45, 2.75) is 32.2 Å². The van der Waals surface area contributed by atoms with Gasteiger partial charge in [0.15, 0.2) is 0 Å². The summed E-state index contributed by atoms with van der Waals surface area (Å²) in [5.74, 6) is 0. The highest BCUT2D eigenvalue weighted by Crippen LogP contribution is 2.23. The minimum Gasteiger partial charge on any atom is -0.370 e. The second-order valence-electron chi connectivity index (χ2n) is 4.72. The van der Waals surface area contributed by atoms with E-state index in [0.29, 0.717) is 6.04 Å². The Morgan fingerprint density at radius 1 is 1.47 bits per heavy atom. The van der Waals surface area contributed by atoms with Crippen LogP contribution in [-0.4, -0.2) is 25.7 Å². The lowest BCUT2D eigenvalue weighted by molar-refractivity contribution is 0.423. The molecule has 94 valence electrons. The van der Waals surface area contributed by atoms with Gasteiger partial charge in [-0.15, -0.1) is 0 Å². The van der Waals surface area contributed by atoms with E-state index in [-0.39, 0.29) is 0 Å². The van der Waals surface area contributed by atoms with Gasteiger partial charge in [0.2, 0.25) is 0 Å². The van der Waals surface area contributed by atoms with Gasteiger partial charge in [-0.3, -0.25) is 0 Å². The first kappa shape index (κ1) is 12.9. The number of nitrogens with zero attached hydrogens (tertiary/aromatic N) is 1. The summed E-state index contributed by atoms with van der Waals surface area (Å²) in [7, 11) is 0. The summed E-state index contributed by atoms with van der Waals surface area (Å²) in [6.07, 6.45) is 3.81. The normalized spacial score (nSPS) is 20.6. The molecule has 1 aliphatic heterocycles. The average Bonchev–Trinajstić information content (AvgIpc) is 2.37. The second kappa shape index (κ2) is 6.41. The highest BCUT2D eigenvalue weighted by atomic mass is 79.9. The van der Waals surface area contributed by atoms with Crippen LogP contribution in [0, 0.1) is 0 Å². The predicted octanol–water partition coefficient (Wildman–Crippen LogP) is 3.42. The Kier molecular flexibility index (Phi) is 4.86. The molecule has 1 fully saturated rings. The van der Waals surface area contributed by atoms with E-state index in [1.54, 1.807) is 0 Å². The molecule has 0 bridgehead atoms. The van der Waals surface area contributed by atoms with Gasteiger partial charge in [0.1, 0.15) is 0 Å². The van der Waals surface area contributed by atoms with Crippen LogP contribution in [0.5, 0.6) is 0 Å². The number of nitrogens with one attached hydrogen (secondary N) is 1. The van der Waals surface area contributed by atoms with Crippen molar-refractivity contribution in [3.05, 3.63) is 28.7 Å². The van der Waals surface area contributed by atoms with Crippen LogP contribution in [0.3, 0.4) is 0 Å². The minimum absolute atomic E-state index is 0.655. The number of hydrogen-bond acceptors (Lipinski definition) is 2. The molecule has 1 N–H and O–H groups in total. The van der Waals surface area contributed by atoms with E-state index in [1.165, 1.54) is 36.0 Å². The molecule has 0 spiro atoms. The molecule has 1 unspecified atom stereocenters. The Labute approximate surface area is 113 Å². The van der Waals surface area contributed by atoms with Crippen molar-refractivity contribution in [1.29, 1.82) is 0 Å². The topological polar surface area (TPSA) is 15.3 Å². The van der Waals surface area contributed by atoms with Crippen molar-refractivity contribution >= 4 is 21.6 Å². The largest absolute Gasteiger partial charge is 0.370 e. The lowest BCUT2D eigenvalue weighted by Gasteiger charge is -2.35. The number of hydrogen-bond donors (Lipinski definition) is 1. The van der Waals surface area contributed by atoms with Crippen LogP contribution in [0.4, 0.5) is 5.69 Å². The molecule has 17 heavy (non-hydrogen) atoms. The van der Waals surface area contributed by atoms with Gasteiger partial charge < -0.3 is 10.2 Å². The lowest BCUT2D eigenvalue weighted by atomic mass is 10.0. The van der Waals surface area contributed by atoms with Crippen LogP contribution in [0.2, 0.25) is 0 Å². The second-order valence-corrected chi connectivity index (χ2v) is 5.63. The monoisotopic (exact) mass is 296 g/mol. The van der Waals surface area contributed by atoms with Crippen molar-refractivity contribution in [3.63, 3.8) is 0 Å². The highest BCUT2D eigenvalue weighted by molar-refractivity contribution is 9.10. The van der Waals surface area contributed by atoms with Crippen molar-refractivity contribution in [2.24, 2.45) is 0 Å². The Morgan fingerprint density at radius 2 is 2.35 bits per heavy atom. The smallest absolute Gasteiger partial charge is 0.0378 e. The molecule has 0 saturated carbocycles. The summed E-state index contributed by atoms with van der Waals surface area (Å²) in [5.41, 5.74) is 1.34. The summed E-state index contributed by atoms with van der Waals surface area (Å²) in [4.78, 5) is 2.49. The van der Waals surface area contributed by atoms with Gasteiger partial charge in [0.25, 0.3) is 0 Å². The molecule has 3 heteroatoms. The maximum Gasteiger partial charge on any atom is 0.0378 e. The van der Waals surface area contributed by atoms with E-state index < -0.39 is 0 Å². The molecule has 1 aromatic carbocycles. The number of benzene rings is 1. The summed E-state index contributed by atoms with van der Waals surface area (Å²) >= 11 is 3.54. The van der Waals surface area contributed by atoms with E-state index in [9.17, 15) is 0 Å². The molecule has 0 aromatic heterocycles. The van der Waals surface area contributed by atoms with Gasteiger partial charge in [0, 0.05) is 29.3 Å². The fourth-order valence-electron chi connectivity index (χ4n) is 2.40. The Morgan fingerprint density at radius 3 is 3.12 bits per heavy atom. The van der Waals surface area contributed by atoms with Crippen molar-refractivity contribution in [2.75, 3.05) is 24.5 Å². The maximum atomic E-state index is 3.63. The fraction of sp³-hybridized carbons (Fsp3) is 0.571. The highest BCUT2D eigenvalue weighted by Gasteiger charge is 2.19. The van der Waals surface area contributed by atoms with Crippen molar-refractivity contribution in [3.8, 4) is 0 Å². The fourth-order valence-corrected chi connectivity index (χ4v) is 2.79. The SMILES string of the molecule is CCCNC1CCCN(c2cccc(Br)c2)C1. The van der Waals surface area contributed by atoms with Gasteiger partial charge >= 0.3 is 0 Å². The third kappa shape index (κ3) is 3.71. The molecule has 2 rings (SSSR count). The van der Waals surface area contributed by atoms with Crippen LogP contribution in [0.15, 0.2) is 28.7 Å². The van der Waals surface area contributed by atoms with E-state index >= 15 is 0 Å². The third-order valence-corrected chi connectivity index (χ3v) is 3.77. The van der Waals surface area contributed by atoms with Gasteiger partial charge in [-0.2, -0.15) is 0 Å². The van der Waals surface area contributed by atoms with Gasteiger partial charge in [-0.25, -0.2) is 0 Å². The molecule has 1 atom stereocenters. The van der Waals surface area contributed by atoms with Gasteiger partial charge in [0.05, 0.1) is 0 Å². The van der Waals surface area contributed by atoms with Crippen LogP contribution in [0.1, 0.15) is 26.2 Å². The first-order valence-corrected chi connectivity index (χ1v) is 7.33. The maximum absolute atomic E-state index is 3.63. The van der Waals surface area contributed by atoms with E-state index in [4.69, 9.17) is 0 Å². The average molecular weight is 297 g/mol. The first-order chi connectivity index (χ1) is 8.29. The van der Waals surface area contributed by atoms with E-state index in [2.05, 4.69) is 57.3 Å². The zero-order chi connectivity index (χ0) is 12.1. The molecule has 0 aliphatic carbocycles. The molecule has 2 nitrogen and oxygen atoms in total. The van der Waals surface area contributed by atoms with Gasteiger partial charge in [-0.05, 0) is 44.0 Å². The number of rotatable bonds is 4. The van der Waals surface area contributed by atoms with Crippen LogP contribution in [-0.2, 0) is 0 Å². The molecule has 0 radical (unpaired) electrons. The molecule has 1 heterocycles. The van der Waals surface area contributed by atoms with Crippen LogP contribution in [0.25, 0.3) is 0 Å². The van der Waals surface area contributed by atoms with Crippen LogP contribution < -0.4 is 10.2 Å². The molecule has 1 aliphatic rings. The molecular weight excluding hydrogens is 276 g/mol. The minimum atomic E-state index is 0.655. The molecule has 1 saturated heterocycles. The first-order valence-electron chi connectivity index (χ1n) is 6.53. The van der Waals surface area contributed by atoms with E-state index in [0.717, 1.165) is 13.1 Å². The molecule has 0 amide bonds. The van der Waals surface area contributed by atoms with Gasteiger partial charge in [-0.1, -0.05) is 28.9 Å². The number of piperidine rings is 1. The van der Waals surface area contributed by atoms with Crippen LogP contribution >= 0.6 is 15.9 Å². The lowest BCUT2D eigenvalue weighted by Crippen LogP contribution is -2.46. The zero-order valence-corrected chi connectivity index (χ0v) is 12.0. The van der Waals surface area contributed by atoms with E-state index in [1.807, 2.05) is 0 Å². The Balaban J connectivity index is 1.97. The number of anilines is 1. The Bertz CT molecular complexity index is 354. The zero-order valence-electron chi connectivity index (χ0n) is 10.5. The summed E-state index contributed by atoms with van der Waals surface area (Å²) < 4.78 is 1.17. The molecule has 1 aromatic rings. The number of halogens is 1. The third-order valence-electron chi connectivity index (χ3n) is 3.28. The standard InChI is InChI=1S/C14H21BrN2/c1-2-8-16-13-6-4-9-17(11-13)14-7-3-5-12(15)10-14/h3,5,7,10,13,16H,2,4,6,8-9,11H2,1H3. The van der Waals surface area contributed by atoms with Crippen molar-refractivity contribution < 1.29 is 0 Å². The quantitative estimate of drug-likeness (QED) is 0.916. The summed E-state index contributed by atoms with van der Waals surface area (Å²) in [6, 6.07) is 9.26. The predicted molar refractivity (Wildman–Crippen MR) is 77.7 cm³/mol. The summed E-state index contributed by atoms with van der Waals surface area (Å²) in [6.45, 7) is 5.68. The summed E-state index contributed by atoms with van der Waals surface area (Å²) in [5, 5.41) is 3.63.